The molecule has 1 aromatic rings. The fraction of sp³-hybridized carbons (Fsp3) is 0.550. The Morgan fingerprint density at radius 3 is 2.54 bits per heavy atom. The molecule has 1 aliphatic carbocycles. The molecule has 1 saturated carbocycles. The Bertz CT molecular complexity index is 665. The number of anilines is 1. The molecule has 6 heteroatoms. The molecule has 2 amide bonds. The molecular formula is C20H26N2O4. The summed E-state index contributed by atoms with van der Waals surface area (Å²) in [5.74, 6) is -0.721. The molecule has 2 aliphatic rings. The van der Waals surface area contributed by atoms with Gasteiger partial charge in [0.05, 0.1) is 18.1 Å². The van der Waals surface area contributed by atoms with E-state index in [1.807, 2.05) is 11.8 Å². The Morgan fingerprint density at radius 1 is 1.19 bits per heavy atom. The average Bonchev–Trinajstić information content (AvgIpc) is 3.29. The first-order valence-electron chi connectivity index (χ1n) is 9.46. The maximum absolute atomic E-state index is 12.5. The number of carbonyl (C=O) groups is 3. The molecule has 1 aliphatic heterocycles. The SMILES string of the molecule is CCCOC(=O)c1ccc(NC(=O)[C@H]2CC(=O)N(C3CCCC3)C2)cc1. The first-order chi connectivity index (χ1) is 12.6. The zero-order valence-corrected chi connectivity index (χ0v) is 15.2. The Labute approximate surface area is 153 Å². The van der Waals surface area contributed by atoms with Crippen LogP contribution in [0.15, 0.2) is 24.3 Å². The van der Waals surface area contributed by atoms with Crippen molar-refractivity contribution in [3.8, 4) is 0 Å². The summed E-state index contributed by atoms with van der Waals surface area (Å²) in [6.45, 7) is 2.84. The number of nitrogens with zero attached hydrogens (tertiary/aromatic N) is 1. The van der Waals surface area contributed by atoms with Crippen LogP contribution in [0.4, 0.5) is 5.69 Å². The number of benzene rings is 1. The minimum Gasteiger partial charge on any atom is -0.462 e. The second-order valence-electron chi connectivity index (χ2n) is 7.09. The van der Waals surface area contributed by atoms with Crippen molar-refractivity contribution < 1.29 is 19.1 Å². The van der Waals surface area contributed by atoms with Gasteiger partial charge in [0.15, 0.2) is 0 Å². The highest BCUT2D eigenvalue weighted by Crippen LogP contribution is 2.30. The van der Waals surface area contributed by atoms with Gasteiger partial charge in [-0.3, -0.25) is 9.59 Å². The summed E-state index contributed by atoms with van der Waals surface area (Å²) in [4.78, 5) is 38.4. The number of ether oxygens (including phenoxy) is 1. The summed E-state index contributed by atoms with van der Waals surface area (Å²) < 4.78 is 5.08. The maximum atomic E-state index is 12.5. The summed E-state index contributed by atoms with van der Waals surface area (Å²) in [5, 5.41) is 2.85. The number of hydrogen-bond acceptors (Lipinski definition) is 4. The van der Waals surface area contributed by atoms with E-state index in [4.69, 9.17) is 4.74 Å². The monoisotopic (exact) mass is 358 g/mol. The van der Waals surface area contributed by atoms with Crippen molar-refractivity contribution in [2.24, 2.45) is 5.92 Å². The van der Waals surface area contributed by atoms with Gasteiger partial charge in [-0.15, -0.1) is 0 Å². The molecule has 1 heterocycles. The van der Waals surface area contributed by atoms with Gasteiger partial charge in [0.2, 0.25) is 11.8 Å². The van der Waals surface area contributed by atoms with Crippen LogP contribution in [0.25, 0.3) is 0 Å². The molecule has 3 rings (SSSR count). The highest BCUT2D eigenvalue weighted by Gasteiger charge is 2.38. The molecule has 2 fully saturated rings. The van der Waals surface area contributed by atoms with Crippen molar-refractivity contribution in [3.63, 3.8) is 0 Å². The molecule has 0 radical (unpaired) electrons. The van der Waals surface area contributed by atoms with E-state index in [0.717, 1.165) is 19.3 Å². The zero-order chi connectivity index (χ0) is 18.5. The first-order valence-corrected chi connectivity index (χ1v) is 9.46. The lowest BCUT2D eigenvalue weighted by molar-refractivity contribution is -0.129. The topological polar surface area (TPSA) is 75.7 Å². The van der Waals surface area contributed by atoms with E-state index in [-0.39, 0.29) is 30.1 Å². The van der Waals surface area contributed by atoms with Crippen LogP contribution in [-0.2, 0) is 14.3 Å². The molecule has 26 heavy (non-hydrogen) atoms. The van der Waals surface area contributed by atoms with Crippen LogP contribution in [0.5, 0.6) is 0 Å². The van der Waals surface area contributed by atoms with Gasteiger partial charge >= 0.3 is 5.97 Å². The Balaban J connectivity index is 1.54. The van der Waals surface area contributed by atoms with Gasteiger partial charge in [-0.1, -0.05) is 19.8 Å². The molecule has 1 N–H and O–H groups in total. The van der Waals surface area contributed by atoms with E-state index in [0.29, 0.717) is 30.4 Å². The zero-order valence-electron chi connectivity index (χ0n) is 15.2. The predicted octanol–water partition coefficient (Wildman–Crippen LogP) is 2.98. The van der Waals surface area contributed by atoms with E-state index < -0.39 is 0 Å². The fourth-order valence-electron chi connectivity index (χ4n) is 3.69. The number of likely N-dealkylation sites (tertiary alicyclic amines) is 1. The minimum absolute atomic E-state index is 0.0890. The normalized spacial score (nSPS) is 20.4. The number of amides is 2. The van der Waals surface area contributed by atoms with Crippen molar-refractivity contribution in [3.05, 3.63) is 29.8 Å². The quantitative estimate of drug-likeness (QED) is 0.793. The smallest absolute Gasteiger partial charge is 0.338 e. The van der Waals surface area contributed by atoms with Crippen molar-refractivity contribution >= 4 is 23.5 Å². The number of nitrogens with one attached hydrogen (secondary N) is 1. The summed E-state index contributed by atoms with van der Waals surface area (Å²) in [7, 11) is 0. The van der Waals surface area contributed by atoms with Gasteiger partial charge in [0, 0.05) is 24.7 Å². The average molecular weight is 358 g/mol. The van der Waals surface area contributed by atoms with Crippen molar-refractivity contribution in [2.75, 3.05) is 18.5 Å². The van der Waals surface area contributed by atoms with Gasteiger partial charge in [-0.25, -0.2) is 4.79 Å². The van der Waals surface area contributed by atoms with Crippen molar-refractivity contribution in [1.29, 1.82) is 0 Å². The van der Waals surface area contributed by atoms with Gasteiger partial charge in [-0.2, -0.15) is 0 Å². The molecule has 0 bridgehead atoms. The summed E-state index contributed by atoms with van der Waals surface area (Å²) in [6, 6.07) is 6.96. The maximum Gasteiger partial charge on any atom is 0.338 e. The molecule has 1 saturated heterocycles. The first kappa shape index (κ1) is 18.4. The number of esters is 1. The molecular weight excluding hydrogens is 332 g/mol. The van der Waals surface area contributed by atoms with E-state index in [1.54, 1.807) is 24.3 Å². The van der Waals surface area contributed by atoms with Crippen LogP contribution >= 0.6 is 0 Å². The lowest BCUT2D eigenvalue weighted by Crippen LogP contribution is -2.35. The molecule has 1 atom stereocenters. The van der Waals surface area contributed by atoms with Crippen LogP contribution in [0.1, 0.15) is 55.8 Å². The Hall–Kier alpha value is -2.37. The Kier molecular flexibility index (Phi) is 5.91. The molecule has 6 nitrogen and oxygen atoms in total. The fourth-order valence-corrected chi connectivity index (χ4v) is 3.69. The predicted molar refractivity (Wildman–Crippen MR) is 97.7 cm³/mol. The van der Waals surface area contributed by atoms with Crippen LogP contribution in [0, 0.1) is 5.92 Å². The van der Waals surface area contributed by atoms with E-state index in [9.17, 15) is 14.4 Å². The van der Waals surface area contributed by atoms with Crippen LogP contribution < -0.4 is 5.32 Å². The molecule has 140 valence electrons. The minimum atomic E-state index is -0.363. The standard InChI is InChI=1S/C20H26N2O4/c1-2-11-26-20(25)14-7-9-16(10-8-14)21-19(24)15-12-18(23)22(13-15)17-5-3-4-6-17/h7-10,15,17H,2-6,11-13H2,1H3,(H,21,24)/t15-/m0/s1. The van der Waals surface area contributed by atoms with Gasteiger partial charge in [0.1, 0.15) is 0 Å². The van der Waals surface area contributed by atoms with Gasteiger partial charge in [0.25, 0.3) is 0 Å². The molecule has 0 unspecified atom stereocenters. The third-order valence-corrected chi connectivity index (χ3v) is 5.12. The second kappa shape index (κ2) is 8.34. The van der Waals surface area contributed by atoms with Crippen molar-refractivity contribution in [1.82, 2.24) is 4.90 Å². The van der Waals surface area contributed by atoms with E-state index in [1.165, 1.54) is 12.8 Å². The third-order valence-electron chi connectivity index (χ3n) is 5.12. The lowest BCUT2D eigenvalue weighted by Gasteiger charge is -2.23. The van der Waals surface area contributed by atoms with Crippen molar-refractivity contribution in [2.45, 2.75) is 51.5 Å². The van der Waals surface area contributed by atoms with E-state index >= 15 is 0 Å². The van der Waals surface area contributed by atoms with E-state index in [2.05, 4.69) is 5.32 Å². The summed E-state index contributed by atoms with van der Waals surface area (Å²) in [5.41, 5.74) is 1.08. The Morgan fingerprint density at radius 2 is 1.88 bits per heavy atom. The summed E-state index contributed by atoms with van der Waals surface area (Å²) in [6.07, 6.45) is 5.49. The van der Waals surface area contributed by atoms with Gasteiger partial charge in [-0.05, 0) is 43.5 Å². The van der Waals surface area contributed by atoms with Gasteiger partial charge < -0.3 is 15.0 Å². The number of hydrogen-bond donors (Lipinski definition) is 1. The van der Waals surface area contributed by atoms with Crippen LogP contribution in [-0.4, -0.2) is 41.9 Å². The van der Waals surface area contributed by atoms with Crippen LogP contribution in [0.3, 0.4) is 0 Å². The number of carbonyl (C=O) groups excluding carboxylic acids is 3. The largest absolute Gasteiger partial charge is 0.462 e. The highest BCUT2D eigenvalue weighted by molar-refractivity contribution is 5.97. The molecule has 0 aromatic heterocycles. The van der Waals surface area contributed by atoms with Crippen LogP contribution in [0.2, 0.25) is 0 Å². The lowest BCUT2D eigenvalue weighted by atomic mass is 10.1. The second-order valence-corrected chi connectivity index (χ2v) is 7.09. The number of rotatable bonds is 6. The molecule has 1 aromatic carbocycles. The summed E-state index contributed by atoms with van der Waals surface area (Å²) >= 11 is 0. The highest BCUT2D eigenvalue weighted by atomic mass is 16.5. The third kappa shape index (κ3) is 4.23. The molecule has 0 spiro atoms.